The minimum absolute atomic E-state index is 0.430. The Kier molecular flexibility index (Phi) is 3.33. The minimum Gasteiger partial charge on any atom is -0.378 e. The fourth-order valence-corrected chi connectivity index (χ4v) is 2.26. The van der Waals surface area contributed by atoms with E-state index in [1.165, 1.54) is 0 Å². The van der Waals surface area contributed by atoms with E-state index in [9.17, 15) is 0 Å². The number of hydrogen-bond acceptors (Lipinski definition) is 2. The van der Waals surface area contributed by atoms with Gasteiger partial charge in [0.2, 0.25) is 0 Å². The Morgan fingerprint density at radius 3 is 2.69 bits per heavy atom. The summed E-state index contributed by atoms with van der Waals surface area (Å²) in [6.45, 7) is 2.42. The number of aromatic nitrogens is 1. The molecule has 0 bridgehead atoms. The smallest absolute Gasteiger partial charge is 0.0910 e. The fourth-order valence-electron chi connectivity index (χ4n) is 1.69. The molecular formula is C12H11Cl2NO. The van der Waals surface area contributed by atoms with Crippen LogP contribution in [0.25, 0.3) is 10.9 Å². The lowest BCUT2D eigenvalue weighted by Gasteiger charge is -2.08. The quantitative estimate of drug-likeness (QED) is 0.810. The Morgan fingerprint density at radius 2 is 2.00 bits per heavy atom. The predicted octanol–water partition coefficient (Wildman–Crippen LogP) is 4.00. The molecule has 2 nitrogen and oxygen atoms in total. The van der Waals surface area contributed by atoms with Crippen LogP contribution in [0.15, 0.2) is 18.2 Å². The third-order valence-electron chi connectivity index (χ3n) is 2.42. The number of nitrogens with zero attached hydrogens (tertiary/aromatic N) is 1. The Hall–Kier alpha value is -0.830. The van der Waals surface area contributed by atoms with Crippen LogP contribution in [0.3, 0.4) is 0 Å². The summed E-state index contributed by atoms with van der Waals surface area (Å²) in [5.74, 6) is 0. The lowest BCUT2D eigenvalue weighted by molar-refractivity contribution is 0.182. The van der Waals surface area contributed by atoms with Gasteiger partial charge in [0.1, 0.15) is 0 Å². The van der Waals surface area contributed by atoms with Gasteiger partial charge in [-0.1, -0.05) is 29.3 Å². The van der Waals surface area contributed by atoms with Crippen LogP contribution in [-0.2, 0) is 11.3 Å². The maximum atomic E-state index is 6.22. The molecule has 84 valence electrons. The highest BCUT2D eigenvalue weighted by atomic mass is 35.5. The Bertz CT molecular complexity index is 540. The molecule has 0 unspecified atom stereocenters. The molecule has 1 heterocycles. The molecule has 0 saturated carbocycles. The lowest BCUT2D eigenvalue weighted by atomic mass is 10.1. The first-order valence-corrected chi connectivity index (χ1v) is 5.62. The second kappa shape index (κ2) is 4.58. The number of halogens is 2. The number of pyridine rings is 1. The van der Waals surface area contributed by atoms with Gasteiger partial charge in [-0.15, -0.1) is 0 Å². The summed E-state index contributed by atoms with van der Waals surface area (Å²) in [7, 11) is 1.62. The van der Waals surface area contributed by atoms with Crippen molar-refractivity contribution in [2.75, 3.05) is 7.11 Å². The van der Waals surface area contributed by atoms with E-state index in [0.29, 0.717) is 16.7 Å². The van der Waals surface area contributed by atoms with E-state index in [1.807, 2.05) is 25.1 Å². The average molecular weight is 256 g/mol. The summed E-state index contributed by atoms with van der Waals surface area (Å²) in [5, 5.41) is 2.19. The van der Waals surface area contributed by atoms with Crippen molar-refractivity contribution in [2.24, 2.45) is 0 Å². The van der Waals surface area contributed by atoms with Crippen LogP contribution in [0.2, 0.25) is 10.0 Å². The highest BCUT2D eigenvalue weighted by Crippen LogP contribution is 2.31. The fraction of sp³-hybridized carbons (Fsp3) is 0.250. The van der Waals surface area contributed by atoms with Gasteiger partial charge in [0, 0.05) is 12.5 Å². The molecule has 2 rings (SSSR count). The number of aryl methyl sites for hydroxylation is 1. The topological polar surface area (TPSA) is 22.1 Å². The zero-order chi connectivity index (χ0) is 11.7. The van der Waals surface area contributed by atoms with Crippen molar-refractivity contribution in [3.05, 3.63) is 39.5 Å². The summed E-state index contributed by atoms with van der Waals surface area (Å²) in [6.07, 6.45) is 0. The highest BCUT2D eigenvalue weighted by Gasteiger charge is 2.09. The second-order valence-corrected chi connectivity index (χ2v) is 4.43. The molecule has 0 atom stereocenters. The first-order valence-electron chi connectivity index (χ1n) is 4.86. The van der Waals surface area contributed by atoms with Gasteiger partial charge in [-0.25, -0.2) is 4.98 Å². The summed E-state index contributed by atoms with van der Waals surface area (Å²) < 4.78 is 5.04. The number of fused-ring (bicyclic) bond motifs is 1. The monoisotopic (exact) mass is 255 g/mol. The van der Waals surface area contributed by atoms with Gasteiger partial charge >= 0.3 is 0 Å². The van der Waals surface area contributed by atoms with Crippen molar-refractivity contribution in [3.8, 4) is 0 Å². The van der Waals surface area contributed by atoms with Crippen LogP contribution < -0.4 is 0 Å². The summed E-state index contributed by atoms with van der Waals surface area (Å²) in [5.41, 5.74) is 2.59. The summed E-state index contributed by atoms with van der Waals surface area (Å²) in [4.78, 5) is 4.44. The van der Waals surface area contributed by atoms with Gasteiger partial charge in [-0.2, -0.15) is 0 Å². The van der Waals surface area contributed by atoms with E-state index in [-0.39, 0.29) is 0 Å². The average Bonchev–Trinajstić information content (AvgIpc) is 2.23. The molecule has 0 saturated heterocycles. The third kappa shape index (κ3) is 2.01. The zero-order valence-electron chi connectivity index (χ0n) is 9.05. The molecule has 0 N–H and O–H groups in total. The highest BCUT2D eigenvalue weighted by molar-refractivity contribution is 6.39. The molecule has 0 aliphatic heterocycles. The van der Waals surface area contributed by atoms with E-state index in [2.05, 4.69) is 4.98 Å². The van der Waals surface area contributed by atoms with Crippen LogP contribution in [0, 0.1) is 6.92 Å². The van der Waals surface area contributed by atoms with Gasteiger partial charge in [-0.3, -0.25) is 0 Å². The van der Waals surface area contributed by atoms with Crippen molar-refractivity contribution in [3.63, 3.8) is 0 Å². The maximum Gasteiger partial charge on any atom is 0.0910 e. The Balaban J connectivity index is 2.76. The lowest BCUT2D eigenvalue weighted by Crippen LogP contribution is -1.95. The molecule has 4 heteroatoms. The number of hydrogen-bond donors (Lipinski definition) is 0. The van der Waals surface area contributed by atoms with Crippen molar-refractivity contribution >= 4 is 34.1 Å². The van der Waals surface area contributed by atoms with E-state index < -0.39 is 0 Å². The van der Waals surface area contributed by atoms with Crippen molar-refractivity contribution in [1.82, 2.24) is 4.98 Å². The summed E-state index contributed by atoms with van der Waals surface area (Å²) in [6, 6.07) is 5.59. The normalized spacial score (nSPS) is 11.0. The molecule has 0 radical (unpaired) electrons. The Labute approximate surface area is 104 Å². The Morgan fingerprint density at radius 1 is 1.25 bits per heavy atom. The van der Waals surface area contributed by atoms with E-state index in [4.69, 9.17) is 27.9 Å². The molecule has 16 heavy (non-hydrogen) atoms. The SMILES string of the molecule is COCc1cc(Cl)c2c(C)ccc(Cl)c2n1. The standard InChI is InChI=1S/C12H11Cl2NO/c1-7-3-4-9(13)12-11(7)10(14)5-8(15-12)6-16-2/h3-5H,6H2,1-2H3. The molecule has 0 amide bonds. The first-order chi connectivity index (χ1) is 7.63. The molecule has 0 aliphatic carbocycles. The van der Waals surface area contributed by atoms with Gasteiger partial charge in [0.15, 0.2) is 0 Å². The zero-order valence-corrected chi connectivity index (χ0v) is 10.6. The molecule has 0 spiro atoms. The van der Waals surface area contributed by atoms with Crippen molar-refractivity contribution in [1.29, 1.82) is 0 Å². The molecular weight excluding hydrogens is 245 g/mol. The van der Waals surface area contributed by atoms with E-state index >= 15 is 0 Å². The van der Waals surface area contributed by atoms with Crippen LogP contribution in [0.1, 0.15) is 11.3 Å². The van der Waals surface area contributed by atoms with Crippen LogP contribution in [0.5, 0.6) is 0 Å². The van der Waals surface area contributed by atoms with Crippen molar-refractivity contribution < 1.29 is 4.74 Å². The third-order valence-corrected chi connectivity index (χ3v) is 3.02. The van der Waals surface area contributed by atoms with Crippen LogP contribution in [-0.4, -0.2) is 12.1 Å². The number of ether oxygens (including phenoxy) is 1. The van der Waals surface area contributed by atoms with E-state index in [1.54, 1.807) is 7.11 Å². The van der Waals surface area contributed by atoms with Crippen LogP contribution in [0.4, 0.5) is 0 Å². The first kappa shape index (κ1) is 11.6. The van der Waals surface area contributed by atoms with Crippen molar-refractivity contribution in [2.45, 2.75) is 13.5 Å². The number of benzene rings is 1. The van der Waals surface area contributed by atoms with Gasteiger partial charge in [-0.05, 0) is 24.6 Å². The maximum absolute atomic E-state index is 6.22. The molecule has 1 aromatic heterocycles. The van der Waals surface area contributed by atoms with Gasteiger partial charge in [0.25, 0.3) is 0 Å². The predicted molar refractivity (Wildman–Crippen MR) is 67.2 cm³/mol. The number of methoxy groups -OCH3 is 1. The molecule has 0 aliphatic rings. The van der Waals surface area contributed by atoms with Crippen LogP contribution >= 0.6 is 23.2 Å². The molecule has 1 aromatic carbocycles. The second-order valence-electron chi connectivity index (χ2n) is 3.62. The number of rotatable bonds is 2. The summed E-state index contributed by atoms with van der Waals surface area (Å²) >= 11 is 12.3. The molecule has 2 aromatic rings. The van der Waals surface area contributed by atoms with Gasteiger partial charge in [0.05, 0.1) is 27.9 Å². The van der Waals surface area contributed by atoms with Gasteiger partial charge < -0.3 is 4.74 Å². The molecule has 0 fully saturated rings. The van der Waals surface area contributed by atoms with E-state index in [0.717, 1.165) is 22.2 Å². The largest absolute Gasteiger partial charge is 0.378 e. The minimum atomic E-state index is 0.430.